The lowest BCUT2D eigenvalue weighted by molar-refractivity contribution is 0.580. The number of rotatable bonds is 3. The summed E-state index contributed by atoms with van der Waals surface area (Å²) in [5, 5.41) is 3.05. The summed E-state index contributed by atoms with van der Waals surface area (Å²) in [7, 11) is 0. The van der Waals surface area contributed by atoms with Crippen LogP contribution in [0.3, 0.4) is 0 Å². The molecule has 0 aliphatic heterocycles. The quantitative estimate of drug-likeness (QED) is 0.688. The van der Waals surface area contributed by atoms with Gasteiger partial charge in [0.05, 0.1) is 11.0 Å². The molecule has 0 unspecified atom stereocenters. The van der Waals surface area contributed by atoms with E-state index < -0.39 is 11.6 Å². The molecule has 102 valence electrons. The van der Waals surface area contributed by atoms with Gasteiger partial charge in [-0.25, -0.2) is 13.6 Å². The first-order valence-electron chi connectivity index (χ1n) is 6.01. The Morgan fingerprint density at radius 2 is 1.65 bits per heavy atom. The second kappa shape index (κ2) is 4.80. The van der Waals surface area contributed by atoms with E-state index in [4.69, 9.17) is 0 Å². The molecule has 20 heavy (non-hydrogen) atoms. The zero-order valence-corrected chi connectivity index (χ0v) is 10.3. The Balaban J connectivity index is 1.80. The highest BCUT2D eigenvalue weighted by Gasteiger charge is 2.02. The third kappa shape index (κ3) is 2.54. The molecule has 3 N–H and O–H groups in total. The van der Waals surface area contributed by atoms with Crippen molar-refractivity contribution in [2.45, 2.75) is 6.54 Å². The lowest BCUT2D eigenvalue weighted by atomic mass is 10.2. The zero-order chi connectivity index (χ0) is 14.1. The predicted octanol–water partition coefficient (Wildman–Crippen LogP) is 2.75. The molecule has 1 aromatic heterocycles. The molecule has 0 atom stereocenters. The van der Waals surface area contributed by atoms with E-state index in [1.165, 1.54) is 12.1 Å². The Morgan fingerprint density at radius 3 is 2.40 bits per heavy atom. The van der Waals surface area contributed by atoms with E-state index in [0.717, 1.165) is 11.8 Å². The molecule has 4 nitrogen and oxygen atoms in total. The minimum Gasteiger partial charge on any atom is -0.381 e. The van der Waals surface area contributed by atoms with Crippen LogP contribution in [0.4, 0.5) is 14.5 Å². The number of H-pyrrole nitrogens is 2. The van der Waals surface area contributed by atoms with E-state index >= 15 is 0 Å². The lowest BCUT2D eigenvalue weighted by Crippen LogP contribution is -2.00. The SMILES string of the molecule is O=c1[nH]c2ccc(NCc3cc(F)cc(F)c3)cc2[nH]1. The molecule has 3 rings (SSSR count). The van der Waals surface area contributed by atoms with E-state index in [2.05, 4.69) is 15.3 Å². The number of benzene rings is 2. The fourth-order valence-electron chi connectivity index (χ4n) is 2.06. The number of nitrogens with one attached hydrogen (secondary N) is 3. The van der Waals surface area contributed by atoms with Crippen molar-refractivity contribution in [3.63, 3.8) is 0 Å². The van der Waals surface area contributed by atoms with Crippen LogP contribution < -0.4 is 11.0 Å². The second-order valence-electron chi connectivity index (χ2n) is 4.47. The highest BCUT2D eigenvalue weighted by molar-refractivity contribution is 5.78. The van der Waals surface area contributed by atoms with Crippen LogP contribution in [0.2, 0.25) is 0 Å². The summed E-state index contributed by atoms with van der Waals surface area (Å²) in [5.41, 5.74) is 2.36. The van der Waals surface area contributed by atoms with Gasteiger partial charge in [0.25, 0.3) is 0 Å². The lowest BCUT2D eigenvalue weighted by Gasteiger charge is -2.07. The standard InChI is InChI=1S/C14H11F2N3O/c15-9-3-8(4-10(16)5-9)7-17-11-1-2-12-13(6-11)19-14(20)18-12/h1-6,17H,7H2,(H2,18,19,20). The summed E-state index contributed by atoms with van der Waals surface area (Å²) in [6, 6.07) is 8.66. The van der Waals surface area contributed by atoms with Crippen molar-refractivity contribution in [2.75, 3.05) is 5.32 Å². The van der Waals surface area contributed by atoms with Crippen molar-refractivity contribution in [2.24, 2.45) is 0 Å². The van der Waals surface area contributed by atoms with E-state index in [0.29, 0.717) is 16.6 Å². The average Bonchev–Trinajstić information content (AvgIpc) is 2.74. The van der Waals surface area contributed by atoms with Crippen LogP contribution in [0.5, 0.6) is 0 Å². The normalized spacial score (nSPS) is 10.9. The summed E-state index contributed by atoms with van der Waals surface area (Å²) in [6.07, 6.45) is 0. The molecule has 0 aliphatic rings. The van der Waals surface area contributed by atoms with Gasteiger partial charge in [-0.05, 0) is 35.9 Å². The maximum atomic E-state index is 13.1. The molecule has 0 amide bonds. The molecule has 3 aromatic rings. The summed E-state index contributed by atoms with van der Waals surface area (Å²) in [4.78, 5) is 16.4. The monoisotopic (exact) mass is 275 g/mol. The van der Waals surface area contributed by atoms with Crippen molar-refractivity contribution in [1.29, 1.82) is 0 Å². The number of halogens is 2. The predicted molar refractivity (Wildman–Crippen MR) is 72.6 cm³/mol. The Kier molecular flexibility index (Phi) is 2.98. The first kappa shape index (κ1) is 12.4. The molecule has 0 spiro atoms. The van der Waals surface area contributed by atoms with Gasteiger partial charge in [-0.2, -0.15) is 0 Å². The second-order valence-corrected chi connectivity index (χ2v) is 4.47. The van der Waals surface area contributed by atoms with Crippen molar-refractivity contribution in [3.8, 4) is 0 Å². The van der Waals surface area contributed by atoms with Crippen molar-refractivity contribution >= 4 is 16.7 Å². The third-order valence-electron chi connectivity index (χ3n) is 2.93. The fourth-order valence-corrected chi connectivity index (χ4v) is 2.06. The van der Waals surface area contributed by atoms with E-state index in [-0.39, 0.29) is 12.2 Å². The third-order valence-corrected chi connectivity index (χ3v) is 2.93. The van der Waals surface area contributed by atoms with E-state index in [9.17, 15) is 13.6 Å². The number of aromatic nitrogens is 2. The summed E-state index contributed by atoms with van der Waals surface area (Å²) < 4.78 is 26.1. The molecule has 0 fully saturated rings. The smallest absolute Gasteiger partial charge is 0.323 e. The molecule has 0 saturated heterocycles. The number of imidazole rings is 1. The topological polar surface area (TPSA) is 60.7 Å². The molecule has 0 aliphatic carbocycles. The first-order valence-corrected chi connectivity index (χ1v) is 6.01. The molecule has 6 heteroatoms. The van der Waals surface area contributed by atoms with Gasteiger partial charge in [0, 0.05) is 18.3 Å². The van der Waals surface area contributed by atoms with Crippen LogP contribution in [-0.2, 0) is 6.54 Å². The van der Waals surface area contributed by atoms with Crippen molar-refractivity contribution in [1.82, 2.24) is 9.97 Å². The summed E-state index contributed by atoms with van der Waals surface area (Å²) in [6.45, 7) is 0.287. The minimum atomic E-state index is -0.604. The Labute approximate surface area is 112 Å². The van der Waals surface area contributed by atoms with Gasteiger partial charge < -0.3 is 15.3 Å². The summed E-state index contributed by atoms with van der Waals surface area (Å²) >= 11 is 0. The van der Waals surface area contributed by atoms with Crippen LogP contribution in [0.25, 0.3) is 11.0 Å². The Hall–Kier alpha value is -2.63. The molecule has 0 saturated carbocycles. The van der Waals surface area contributed by atoms with Gasteiger partial charge in [-0.3, -0.25) is 0 Å². The number of hydrogen-bond donors (Lipinski definition) is 3. The molecule has 0 radical (unpaired) electrons. The first-order chi connectivity index (χ1) is 9.60. The number of fused-ring (bicyclic) bond motifs is 1. The largest absolute Gasteiger partial charge is 0.381 e. The number of aromatic amines is 2. The van der Waals surface area contributed by atoms with E-state index in [1.54, 1.807) is 18.2 Å². The van der Waals surface area contributed by atoms with Gasteiger partial charge in [0.15, 0.2) is 0 Å². The highest BCUT2D eigenvalue weighted by atomic mass is 19.1. The van der Waals surface area contributed by atoms with Gasteiger partial charge in [0.1, 0.15) is 11.6 Å². The Morgan fingerprint density at radius 1 is 0.950 bits per heavy atom. The number of anilines is 1. The zero-order valence-electron chi connectivity index (χ0n) is 10.3. The van der Waals surface area contributed by atoms with Crippen LogP contribution in [0.15, 0.2) is 41.2 Å². The van der Waals surface area contributed by atoms with Crippen LogP contribution in [-0.4, -0.2) is 9.97 Å². The van der Waals surface area contributed by atoms with Crippen LogP contribution >= 0.6 is 0 Å². The maximum Gasteiger partial charge on any atom is 0.323 e. The van der Waals surface area contributed by atoms with Gasteiger partial charge >= 0.3 is 5.69 Å². The Bertz CT molecular complexity index is 802. The average molecular weight is 275 g/mol. The molecule has 1 heterocycles. The molecule has 0 bridgehead atoms. The molecular weight excluding hydrogens is 264 g/mol. The van der Waals surface area contributed by atoms with Crippen molar-refractivity contribution < 1.29 is 8.78 Å². The maximum absolute atomic E-state index is 13.1. The molecular formula is C14H11F2N3O. The highest BCUT2D eigenvalue weighted by Crippen LogP contribution is 2.16. The van der Waals surface area contributed by atoms with Crippen molar-refractivity contribution in [3.05, 3.63) is 64.1 Å². The fraction of sp³-hybridized carbons (Fsp3) is 0.0714. The van der Waals surface area contributed by atoms with Gasteiger partial charge in [0.2, 0.25) is 0 Å². The molecule has 2 aromatic carbocycles. The summed E-state index contributed by atoms with van der Waals surface area (Å²) in [5.74, 6) is -1.21. The van der Waals surface area contributed by atoms with Crippen LogP contribution in [0.1, 0.15) is 5.56 Å². The van der Waals surface area contributed by atoms with E-state index in [1.807, 2.05) is 0 Å². The minimum absolute atomic E-state index is 0.274. The van der Waals surface area contributed by atoms with Gasteiger partial charge in [-0.1, -0.05) is 0 Å². The number of hydrogen-bond acceptors (Lipinski definition) is 2. The van der Waals surface area contributed by atoms with Gasteiger partial charge in [-0.15, -0.1) is 0 Å². The van der Waals surface area contributed by atoms with Crippen LogP contribution in [0, 0.1) is 11.6 Å².